The Hall–Kier alpha value is -4.05. The van der Waals surface area contributed by atoms with Crippen LogP contribution in [-0.2, 0) is 14.4 Å². The third-order valence-corrected chi connectivity index (χ3v) is 4.79. The molecule has 1 aliphatic rings. The summed E-state index contributed by atoms with van der Waals surface area (Å²) in [5.41, 5.74) is 9.67. The second-order valence-electron chi connectivity index (χ2n) is 7.14. The number of benzodiazepines with no additional fused rings is 1. The van der Waals surface area contributed by atoms with Crippen molar-refractivity contribution in [3.8, 4) is 5.75 Å². The molecule has 1 amide bonds. The summed E-state index contributed by atoms with van der Waals surface area (Å²) in [6.07, 6.45) is -0.886. The number of nitrogens with two attached hydrogens (primary N) is 2. The molecule has 176 valence electrons. The number of carbonyl (C=O) groups excluding carboxylic acids is 1. The summed E-state index contributed by atoms with van der Waals surface area (Å²) in [7, 11) is 1.61. The summed E-state index contributed by atoms with van der Waals surface area (Å²) >= 11 is 0. The quantitative estimate of drug-likeness (QED) is 0.192. The molecular weight excluding hydrogens is 434 g/mol. The predicted molar refractivity (Wildman–Crippen MR) is 131 cm³/mol. The van der Waals surface area contributed by atoms with Gasteiger partial charge < -0.3 is 25.4 Å². The Labute approximate surface area is 197 Å². The summed E-state index contributed by atoms with van der Waals surface area (Å²) in [6.45, 7) is 0.992. The number of amides is 1. The van der Waals surface area contributed by atoms with Gasteiger partial charge in [0.25, 0.3) is 5.91 Å². The number of rotatable bonds is 6. The molecule has 0 bridgehead atoms. The van der Waals surface area contributed by atoms with Crippen molar-refractivity contribution < 1.29 is 19.1 Å². The van der Waals surface area contributed by atoms with Crippen LogP contribution in [0, 0.1) is 5.41 Å². The molecule has 0 saturated heterocycles. The van der Waals surface area contributed by atoms with E-state index in [1.807, 2.05) is 54.6 Å². The van der Waals surface area contributed by atoms with E-state index in [0.29, 0.717) is 24.5 Å². The molecule has 0 radical (unpaired) electrons. The van der Waals surface area contributed by atoms with Crippen LogP contribution in [0.1, 0.15) is 16.7 Å². The molecule has 1 aliphatic heterocycles. The predicted octanol–water partition coefficient (Wildman–Crippen LogP) is 2.69. The Morgan fingerprint density at radius 3 is 2.50 bits per heavy atom. The number of hydrogen-bond acceptors (Lipinski definition) is 8. The highest BCUT2D eigenvalue weighted by atomic mass is 16.6. The van der Waals surface area contributed by atoms with Crippen molar-refractivity contribution in [1.29, 1.82) is 5.41 Å². The number of benzene rings is 3. The van der Waals surface area contributed by atoms with Crippen molar-refractivity contribution in [1.82, 2.24) is 0 Å². The van der Waals surface area contributed by atoms with E-state index >= 15 is 0 Å². The van der Waals surface area contributed by atoms with Gasteiger partial charge in [0.15, 0.2) is 6.17 Å². The SMILES string of the molecule is COCCOc1cccc(C(=N)ON)c1.NC1N=C(c2ccccc2)c2ccccc2NC1=O. The van der Waals surface area contributed by atoms with E-state index in [1.54, 1.807) is 31.4 Å². The number of fused-ring (bicyclic) bond motifs is 1. The fraction of sp³-hybridized carbons (Fsp3) is 0.160. The molecule has 0 spiro atoms. The smallest absolute Gasteiger partial charge is 0.263 e. The lowest BCUT2D eigenvalue weighted by Gasteiger charge is -2.09. The van der Waals surface area contributed by atoms with Gasteiger partial charge in [0.1, 0.15) is 12.4 Å². The molecule has 6 N–H and O–H groups in total. The molecule has 0 fully saturated rings. The minimum atomic E-state index is -0.886. The van der Waals surface area contributed by atoms with Crippen molar-refractivity contribution in [3.05, 3.63) is 95.6 Å². The van der Waals surface area contributed by atoms with E-state index in [9.17, 15) is 4.79 Å². The molecule has 9 nitrogen and oxygen atoms in total. The van der Waals surface area contributed by atoms with E-state index < -0.39 is 6.17 Å². The van der Waals surface area contributed by atoms with Crippen molar-refractivity contribution in [3.63, 3.8) is 0 Å². The molecule has 34 heavy (non-hydrogen) atoms. The van der Waals surface area contributed by atoms with Crippen molar-refractivity contribution in [2.24, 2.45) is 16.6 Å². The summed E-state index contributed by atoms with van der Waals surface area (Å²) in [6, 6.07) is 24.3. The topological polar surface area (TPSA) is 145 Å². The van der Waals surface area contributed by atoms with Gasteiger partial charge in [-0.15, -0.1) is 0 Å². The third kappa shape index (κ3) is 6.48. The monoisotopic (exact) mass is 461 g/mol. The normalized spacial score (nSPS) is 14.4. The van der Waals surface area contributed by atoms with Crippen LogP contribution in [0.3, 0.4) is 0 Å². The van der Waals surface area contributed by atoms with Crippen molar-refractivity contribution in [2.75, 3.05) is 25.6 Å². The molecule has 0 aromatic heterocycles. The average molecular weight is 462 g/mol. The standard InChI is InChI=1S/C15H13N3O.C10H14N2O3/c16-14-15(19)17-12-9-5-4-8-11(12)13(18-14)10-6-2-1-3-7-10;1-13-5-6-14-9-4-2-3-8(7-9)10(11)15-12/h1-9,14H,16H2,(H,17,19);2-4,7,11H,5-6,12H2,1H3. The maximum absolute atomic E-state index is 11.8. The second-order valence-corrected chi connectivity index (χ2v) is 7.14. The van der Waals surface area contributed by atoms with Crippen LogP contribution in [0.25, 0.3) is 0 Å². The highest BCUT2D eigenvalue weighted by molar-refractivity contribution is 6.19. The number of nitrogens with one attached hydrogen (secondary N) is 2. The molecule has 0 saturated carbocycles. The van der Waals surface area contributed by atoms with Gasteiger partial charge in [-0.05, 0) is 24.3 Å². The van der Waals surface area contributed by atoms with Crippen LogP contribution >= 0.6 is 0 Å². The Bertz CT molecular complexity index is 1150. The first-order valence-electron chi connectivity index (χ1n) is 10.5. The maximum Gasteiger partial charge on any atom is 0.263 e. The van der Waals surface area contributed by atoms with Gasteiger partial charge in [-0.3, -0.25) is 15.2 Å². The molecular formula is C25H27N5O4. The zero-order valence-electron chi connectivity index (χ0n) is 18.7. The Kier molecular flexibility index (Phi) is 8.87. The highest BCUT2D eigenvalue weighted by Crippen LogP contribution is 2.23. The first kappa shape index (κ1) is 24.6. The Morgan fingerprint density at radius 2 is 1.76 bits per heavy atom. The van der Waals surface area contributed by atoms with Gasteiger partial charge in [-0.1, -0.05) is 54.6 Å². The zero-order chi connectivity index (χ0) is 24.3. The van der Waals surface area contributed by atoms with E-state index in [-0.39, 0.29) is 11.8 Å². The van der Waals surface area contributed by atoms with Crippen molar-refractivity contribution >= 4 is 23.2 Å². The molecule has 1 atom stereocenters. The highest BCUT2D eigenvalue weighted by Gasteiger charge is 2.22. The van der Waals surface area contributed by atoms with E-state index in [1.165, 1.54) is 0 Å². The van der Waals surface area contributed by atoms with Gasteiger partial charge in [0.05, 0.1) is 18.0 Å². The first-order valence-corrected chi connectivity index (χ1v) is 10.5. The van der Waals surface area contributed by atoms with Crippen LogP contribution < -0.4 is 21.7 Å². The first-order chi connectivity index (χ1) is 16.5. The van der Waals surface area contributed by atoms with Crippen LogP contribution in [0.2, 0.25) is 0 Å². The average Bonchev–Trinajstić information content (AvgIpc) is 3.00. The minimum Gasteiger partial charge on any atom is -0.491 e. The summed E-state index contributed by atoms with van der Waals surface area (Å²) in [5.74, 6) is 5.17. The molecule has 1 heterocycles. The van der Waals surface area contributed by atoms with Gasteiger partial charge in [-0.2, -0.15) is 5.90 Å². The lowest BCUT2D eigenvalue weighted by atomic mass is 10.0. The van der Waals surface area contributed by atoms with Crippen molar-refractivity contribution in [2.45, 2.75) is 6.17 Å². The van der Waals surface area contributed by atoms with E-state index in [0.717, 1.165) is 22.5 Å². The zero-order valence-corrected chi connectivity index (χ0v) is 18.7. The lowest BCUT2D eigenvalue weighted by molar-refractivity contribution is -0.117. The number of anilines is 1. The summed E-state index contributed by atoms with van der Waals surface area (Å²) in [4.78, 5) is 20.5. The largest absolute Gasteiger partial charge is 0.491 e. The fourth-order valence-electron chi connectivity index (χ4n) is 3.14. The molecule has 3 aromatic rings. The van der Waals surface area contributed by atoms with Gasteiger partial charge >= 0.3 is 0 Å². The number of ether oxygens (including phenoxy) is 2. The van der Waals surface area contributed by atoms with Crippen LogP contribution in [0.5, 0.6) is 5.75 Å². The molecule has 1 unspecified atom stereocenters. The van der Waals surface area contributed by atoms with Gasteiger partial charge in [-0.25, -0.2) is 0 Å². The number of hydrogen-bond donors (Lipinski definition) is 4. The van der Waals surface area contributed by atoms with E-state index in [4.69, 9.17) is 26.5 Å². The second kappa shape index (κ2) is 12.3. The van der Waals surface area contributed by atoms with Crippen LogP contribution in [-0.4, -0.2) is 44.0 Å². The molecule has 3 aromatic carbocycles. The summed E-state index contributed by atoms with van der Waals surface area (Å²) < 4.78 is 10.2. The van der Waals surface area contributed by atoms with Gasteiger partial charge in [0, 0.05) is 23.8 Å². The number of aliphatic imine (C=N–C) groups is 1. The number of methoxy groups -OCH3 is 1. The third-order valence-electron chi connectivity index (χ3n) is 4.79. The molecule has 4 rings (SSSR count). The molecule has 0 aliphatic carbocycles. The number of para-hydroxylation sites is 1. The molecule has 9 heteroatoms. The summed E-state index contributed by atoms with van der Waals surface area (Å²) in [5, 5.41) is 10.2. The lowest BCUT2D eigenvalue weighted by Crippen LogP contribution is -2.33. The Balaban J connectivity index is 0.000000197. The van der Waals surface area contributed by atoms with Gasteiger partial charge in [0.2, 0.25) is 5.90 Å². The number of nitrogens with zero attached hydrogens (tertiary/aromatic N) is 1. The maximum atomic E-state index is 11.8. The van der Waals surface area contributed by atoms with Crippen LogP contribution in [0.15, 0.2) is 83.9 Å². The van der Waals surface area contributed by atoms with Crippen LogP contribution in [0.4, 0.5) is 5.69 Å². The number of carbonyl (C=O) groups is 1. The minimum absolute atomic E-state index is 0.0906. The Morgan fingerprint density at radius 1 is 1.03 bits per heavy atom. The van der Waals surface area contributed by atoms with E-state index in [2.05, 4.69) is 15.1 Å². The fourth-order valence-corrected chi connectivity index (χ4v) is 3.14.